The maximum absolute atomic E-state index is 12.5. The molecule has 28 heavy (non-hydrogen) atoms. The summed E-state index contributed by atoms with van der Waals surface area (Å²) in [6.07, 6.45) is 3.73. The van der Waals surface area contributed by atoms with Crippen molar-refractivity contribution in [3.8, 4) is 0 Å². The summed E-state index contributed by atoms with van der Waals surface area (Å²) >= 11 is 6.31. The highest BCUT2D eigenvalue weighted by atomic mass is 35.5. The Bertz CT molecular complexity index is 728. The Hall–Kier alpha value is -1.92. The number of hydrogen-bond donors (Lipinski definition) is 2. The molecule has 0 radical (unpaired) electrons. The zero-order valence-corrected chi connectivity index (χ0v) is 17.3. The number of nitrogens with zero attached hydrogens (tertiary/aromatic N) is 1. The highest BCUT2D eigenvalue weighted by Gasteiger charge is 2.47. The van der Waals surface area contributed by atoms with Crippen LogP contribution in [0.25, 0.3) is 0 Å². The molecule has 6 nitrogen and oxygen atoms in total. The maximum atomic E-state index is 12.5. The fourth-order valence-corrected chi connectivity index (χ4v) is 4.62. The van der Waals surface area contributed by atoms with Crippen LogP contribution in [0.5, 0.6) is 0 Å². The van der Waals surface area contributed by atoms with Crippen LogP contribution in [0, 0.1) is 11.8 Å². The van der Waals surface area contributed by atoms with E-state index >= 15 is 0 Å². The van der Waals surface area contributed by atoms with Gasteiger partial charge in [-0.05, 0) is 18.9 Å². The molecule has 2 N–H and O–H groups in total. The minimum atomic E-state index is -0.161. The van der Waals surface area contributed by atoms with Crippen molar-refractivity contribution in [3.05, 3.63) is 34.9 Å². The summed E-state index contributed by atoms with van der Waals surface area (Å²) in [6, 6.07) is 7.65. The number of nitrogens with one attached hydrogen (secondary N) is 2. The van der Waals surface area contributed by atoms with Crippen molar-refractivity contribution in [1.29, 1.82) is 0 Å². The average molecular weight is 407 g/mol. The number of hydrogen-bond acceptors (Lipinski definition) is 3. The predicted molar refractivity (Wildman–Crippen MR) is 107 cm³/mol. The molecule has 152 valence electrons. The van der Waals surface area contributed by atoms with E-state index in [-0.39, 0.29) is 48.6 Å². The lowest BCUT2D eigenvalue weighted by molar-refractivity contribution is -0.890. The average Bonchev–Trinajstić information content (AvgIpc) is 2.92. The van der Waals surface area contributed by atoms with Crippen LogP contribution in [0.2, 0.25) is 5.02 Å². The molecule has 1 saturated heterocycles. The first-order chi connectivity index (χ1) is 13.4. The second-order valence-corrected chi connectivity index (χ2v) is 8.44. The molecule has 0 bridgehead atoms. The van der Waals surface area contributed by atoms with Crippen molar-refractivity contribution < 1.29 is 19.3 Å². The first kappa shape index (κ1) is 20.8. The number of benzene rings is 1. The molecule has 3 rings (SSSR count). The van der Waals surface area contributed by atoms with E-state index in [0.29, 0.717) is 11.6 Å². The van der Waals surface area contributed by atoms with Gasteiger partial charge in [0.05, 0.1) is 32.5 Å². The molecule has 7 heteroatoms. The lowest BCUT2D eigenvalue weighted by atomic mass is 9.81. The van der Waals surface area contributed by atoms with Gasteiger partial charge in [0.25, 0.3) is 0 Å². The van der Waals surface area contributed by atoms with E-state index in [4.69, 9.17) is 11.6 Å². The third kappa shape index (κ3) is 4.39. The molecule has 1 aromatic rings. The van der Waals surface area contributed by atoms with Gasteiger partial charge in [-0.15, -0.1) is 0 Å². The van der Waals surface area contributed by atoms with E-state index in [0.717, 1.165) is 36.1 Å². The van der Waals surface area contributed by atoms with E-state index in [2.05, 4.69) is 5.32 Å². The van der Waals surface area contributed by atoms with E-state index in [1.54, 1.807) is 0 Å². The lowest BCUT2D eigenvalue weighted by Gasteiger charge is -2.23. The molecule has 1 aliphatic heterocycles. The highest BCUT2D eigenvalue weighted by Crippen LogP contribution is 2.37. The summed E-state index contributed by atoms with van der Waals surface area (Å²) in [4.78, 5) is 39.8. The zero-order valence-electron chi connectivity index (χ0n) is 16.5. The summed E-state index contributed by atoms with van der Waals surface area (Å²) in [5.74, 6) is -0.658. The molecule has 0 aromatic heterocycles. The van der Waals surface area contributed by atoms with Crippen molar-refractivity contribution in [2.75, 3.05) is 27.2 Å². The van der Waals surface area contributed by atoms with Gasteiger partial charge >= 0.3 is 0 Å². The minimum Gasteiger partial charge on any atom is -0.350 e. The van der Waals surface area contributed by atoms with E-state index in [1.807, 2.05) is 38.4 Å². The van der Waals surface area contributed by atoms with E-state index < -0.39 is 0 Å². The molecule has 2 aliphatic rings. The number of quaternary nitrogens is 1. The first-order valence-corrected chi connectivity index (χ1v) is 10.4. The fraction of sp³-hybridized carbons (Fsp3) is 0.571. The monoisotopic (exact) mass is 406 g/mol. The number of fused-ring (bicyclic) bond motifs is 1. The van der Waals surface area contributed by atoms with Crippen molar-refractivity contribution in [1.82, 2.24) is 10.2 Å². The van der Waals surface area contributed by atoms with Gasteiger partial charge in [-0.2, -0.15) is 0 Å². The minimum absolute atomic E-state index is 0.0237. The molecule has 1 aromatic carbocycles. The molecule has 1 heterocycles. The molecule has 3 atom stereocenters. The van der Waals surface area contributed by atoms with Crippen LogP contribution in [0.3, 0.4) is 0 Å². The molecule has 1 aliphatic carbocycles. The Labute approximate surface area is 171 Å². The van der Waals surface area contributed by atoms with Gasteiger partial charge in [-0.3, -0.25) is 19.3 Å². The molecule has 0 unspecified atom stereocenters. The van der Waals surface area contributed by atoms with Gasteiger partial charge < -0.3 is 10.2 Å². The van der Waals surface area contributed by atoms with Gasteiger partial charge in [0.15, 0.2) is 0 Å². The van der Waals surface area contributed by atoms with Crippen molar-refractivity contribution in [2.45, 2.75) is 38.1 Å². The van der Waals surface area contributed by atoms with Crippen molar-refractivity contribution in [3.63, 3.8) is 0 Å². The first-order valence-electron chi connectivity index (χ1n) is 10.1. The number of rotatable bonds is 7. The van der Waals surface area contributed by atoms with Crippen LogP contribution in [-0.4, -0.2) is 49.8 Å². The van der Waals surface area contributed by atoms with Crippen LogP contribution in [0.4, 0.5) is 0 Å². The van der Waals surface area contributed by atoms with E-state index in [9.17, 15) is 14.4 Å². The second-order valence-electron chi connectivity index (χ2n) is 8.03. The van der Waals surface area contributed by atoms with Crippen molar-refractivity contribution >= 4 is 29.3 Å². The normalized spacial score (nSPS) is 23.1. The third-order valence-corrected chi connectivity index (χ3v) is 6.32. The Morgan fingerprint density at radius 3 is 2.36 bits per heavy atom. The SMILES string of the molecule is C[NH+](C)[C@H](CNC(=O)CCN1C(=O)[C@H]2CCCC[C@@H]2C1=O)c1ccccc1Cl. The molecular weight excluding hydrogens is 378 g/mol. The Balaban J connectivity index is 1.53. The van der Waals surface area contributed by atoms with Crippen LogP contribution in [-0.2, 0) is 14.4 Å². The van der Waals surface area contributed by atoms with Crippen LogP contribution >= 0.6 is 11.6 Å². The zero-order chi connectivity index (χ0) is 20.3. The topological polar surface area (TPSA) is 70.9 Å². The third-order valence-electron chi connectivity index (χ3n) is 5.98. The number of likely N-dealkylation sites (N-methyl/N-ethyl adjacent to an activating group) is 1. The largest absolute Gasteiger partial charge is 0.350 e. The maximum Gasteiger partial charge on any atom is 0.233 e. The number of likely N-dealkylation sites (tertiary alicyclic amines) is 1. The summed E-state index contributed by atoms with van der Waals surface area (Å²) < 4.78 is 0. The number of halogens is 1. The molecule has 0 spiro atoms. The molecule has 3 amide bonds. The van der Waals surface area contributed by atoms with Crippen molar-refractivity contribution in [2.24, 2.45) is 11.8 Å². The summed E-state index contributed by atoms with van der Waals surface area (Å²) in [7, 11) is 4.03. The lowest BCUT2D eigenvalue weighted by Crippen LogP contribution is -3.07. The Kier molecular flexibility index (Phi) is 6.73. The number of amides is 3. The smallest absolute Gasteiger partial charge is 0.233 e. The summed E-state index contributed by atoms with van der Waals surface area (Å²) in [6.45, 7) is 0.611. The van der Waals surface area contributed by atoms with E-state index in [1.165, 1.54) is 4.90 Å². The van der Waals surface area contributed by atoms with Gasteiger partial charge in [0.1, 0.15) is 6.04 Å². The highest BCUT2D eigenvalue weighted by molar-refractivity contribution is 6.31. The quantitative estimate of drug-likeness (QED) is 0.668. The summed E-state index contributed by atoms with van der Waals surface area (Å²) in [5, 5.41) is 3.62. The molecular formula is C21H29ClN3O3+. The predicted octanol–water partition coefficient (Wildman–Crippen LogP) is 1.21. The second kappa shape index (κ2) is 9.05. The number of carbonyl (C=O) groups is 3. The standard InChI is InChI=1S/C21H28ClN3O3/c1-24(2)18(16-9-5-6-10-17(16)22)13-23-19(26)11-12-25-20(27)14-7-3-4-8-15(14)21(25)28/h5-6,9-10,14-15,18H,3-4,7-8,11-13H2,1-2H3,(H,23,26)/p+1/t14-,15-,18+/m0/s1. The molecule has 2 fully saturated rings. The molecule has 1 saturated carbocycles. The van der Waals surface area contributed by atoms with Crippen LogP contribution in [0.1, 0.15) is 43.7 Å². The van der Waals surface area contributed by atoms with Gasteiger partial charge in [0, 0.05) is 23.6 Å². The Morgan fingerprint density at radius 1 is 1.18 bits per heavy atom. The Morgan fingerprint density at radius 2 is 1.79 bits per heavy atom. The van der Waals surface area contributed by atoms with Gasteiger partial charge in [0.2, 0.25) is 17.7 Å². The summed E-state index contributed by atoms with van der Waals surface area (Å²) in [5.41, 5.74) is 0.985. The number of imide groups is 1. The van der Waals surface area contributed by atoms with Gasteiger partial charge in [-0.1, -0.05) is 42.6 Å². The van der Waals surface area contributed by atoms with Crippen LogP contribution in [0.15, 0.2) is 24.3 Å². The van der Waals surface area contributed by atoms with Gasteiger partial charge in [-0.25, -0.2) is 0 Å². The van der Waals surface area contributed by atoms with Crippen LogP contribution < -0.4 is 10.2 Å². The fourth-order valence-electron chi connectivity index (χ4n) is 4.35. The number of carbonyl (C=O) groups excluding carboxylic acids is 3.